The summed E-state index contributed by atoms with van der Waals surface area (Å²) in [7, 11) is 0. The number of benzene rings is 2. The zero-order valence-corrected chi connectivity index (χ0v) is 18.2. The molecule has 5 rings (SSSR count). The predicted molar refractivity (Wildman–Crippen MR) is 120 cm³/mol. The van der Waals surface area contributed by atoms with Crippen molar-refractivity contribution in [2.45, 2.75) is 38.8 Å². The highest BCUT2D eigenvalue weighted by Gasteiger charge is 2.28. The number of hydrogen-bond donors (Lipinski definition) is 3. The van der Waals surface area contributed by atoms with Gasteiger partial charge in [0.25, 0.3) is 5.91 Å². The van der Waals surface area contributed by atoms with Crippen LogP contribution in [0.3, 0.4) is 0 Å². The Morgan fingerprint density at radius 1 is 0.939 bits per heavy atom. The van der Waals surface area contributed by atoms with Crippen LogP contribution in [0.1, 0.15) is 42.7 Å². The van der Waals surface area contributed by atoms with E-state index in [-0.39, 0.29) is 46.7 Å². The van der Waals surface area contributed by atoms with Crippen molar-refractivity contribution >= 4 is 23.3 Å². The van der Waals surface area contributed by atoms with Gasteiger partial charge in [0.2, 0.25) is 5.91 Å². The van der Waals surface area contributed by atoms with Crippen molar-refractivity contribution in [2.24, 2.45) is 0 Å². The molecule has 0 saturated carbocycles. The summed E-state index contributed by atoms with van der Waals surface area (Å²) in [5.41, 5.74) is 1.13. The molecule has 170 valence electrons. The molecule has 0 bridgehead atoms. The molecule has 33 heavy (non-hydrogen) atoms. The van der Waals surface area contributed by atoms with Gasteiger partial charge in [0.15, 0.2) is 5.82 Å². The number of nitrogens with one attached hydrogen (secondary N) is 3. The molecule has 2 aliphatic heterocycles. The SMILES string of the molecule is CC1(C)CCC(=O)N1.O=C1NCc2nc(-c3c(F)cccc3F)nc(Nc3ccccc3)c21. The monoisotopic (exact) mass is 451 g/mol. The maximum atomic E-state index is 14.1. The van der Waals surface area contributed by atoms with Crippen LogP contribution in [0.15, 0.2) is 48.5 Å². The molecule has 0 aliphatic carbocycles. The summed E-state index contributed by atoms with van der Waals surface area (Å²) in [4.78, 5) is 31.0. The van der Waals surface area contributed by atoms with Gasteiger partial charge in [-0.15, -0.1) is 0 Å². The summed E-state index contributed by atoms with van der Waals surface area (Å²) in [6.45, 7) is 4.26. The number of aromatic nitrogens is 2. The van der Waals surface area contributed by atoms with E-state index in [0.717, 1.165) is 18.6 Å². The average molecular weight is 451 g/mol. The lowest BCUT2D eigenvalue weighted by Crippen LogP contribution is -2.34. The van der Waals surface area contributed by atoms with E-state index < -0.39 is 11.6 Å². The van der Waals surface area contributed by atoms with Crippen molar-refractivity contribution in [2.75, 3.05) is 5.32 Å². The molecule has 9 heteroatoms. The first-order valence-electron chi connectivity index (χ1n) is 10.5. The minimum Gasteiger partial charge on any atom is -0.351 e. The number of para-hydroxylation sites is 1. The van der Waals surface area contributed by atoms with Crippen LogP contribution in [0.5, 0.6) is 0 Å². The van der Waals surface area contributed by atoms with Crippen LogP contribution in [0.25, 0.3) is 11.4 Å². The zero-order valence-electron chi connectivity index (χ0n) is 18.2. The Balaban J connectivity index is 0.000000275. The van der Waals surface area contributed by atoms with E-state index in [1.54, 1.807) is 12.1 Å². The number of rotatable bonds is 3. The van der Waals surface area contributed by atoms with Gasteiger partial charge >= 0.3 is 0 Å². The summed E-state index contributed by atoms with van der Waals surface area (Å²) in [5.74, 6) is -1.55. The van der Waals surface area contributed by atoms with Crippen molar-refractivity contribution in [3.05, 3.63) is 71.4 Å². The number of halogens is 2. The largest absolute Gasteiger partial charge is 0.351 e. The lowest BCUT2D eigenvalue weighted by atomic mass is 10.0. The molecule has 0 spiro atoms. The van der Waals surface area contributed by atoms with Crippen molar-refractivity contribution < 1.29 is 18.4 Å². The maximum absolute atomic E-state index is 14.1. The molecule has 1 saturated heterocycles. The molecular weight excluding hydrogens is 428 g/mol. The number of hydrogen-bond acceptors (Lipinski definition) is 5. The highest BCUT2D eigenvalue weighted by Crippen LogP contribution is 2.30. The quantitative estimate of drug-likeness (QED) is 0.558. The number of carbonyl (C=O) groups excluding carboxylic acids is 2. The van der Waals surface area contributed by atoms with E-state index >= 15 is 0 Å². The molecule has 0 unspecified atom stereocenters. The van der Waals surface area contributed by atoms with Gasteiger partial charge in [-0.2, -0.15) is 0 Å². The van der Waals surface area contributed by atoms with Crippen molar-refractivity contribution in [3.63, 3.8) is 0 Å². The molecule has 0 radical (unpaired) electrons. The maximum Gasteiger partial charge on any atom is 0.257 e. The van der Waals surface area contributed by atoms with Crippen LogP contribution in [0.2, 0.25) is 0 Å². The normalized spacial score (nSPS) is 15.8. The second-order valence-corrected chi connectivity index (χ2v) is 8.42. The van der Waals surface area contributed by atoms with Crippen LogP contribution in [-0.2, 0) is 11.3 Å². The molecule has 1 fully saturated rings. The average Bonchev–Trinajstić information content (AvgIpc) is 3.30. The van der Waals surface area contributed by atoms with E-state index in [2.05, 4.69) is 25.9 Å². The Bertz CT molecular complexity index is 1190. The number of anilines is 2. The van der Waals surface area contributed by atoms with Crippen LogP contribution >= 0.6 is 0 Å². The molecule has 1 aromatic heterocycles. The van der Waals surface area contributed by atoms with Crippen molar-refractivity contribution in [1.29, 1.82) is 0 Å². The van der Waals surface area contributed by atoms with Crippen LogP contribution < -0.4 is 16.0 Å². The fourth-order valence-electron chi connectivity index (χ4n) is 3.63. The molecule has 2 aliphatic rings. The Morgan fingerprint density at radius 2 is 1.64 bits per heavy atom. The molecule has 3 aromatic rings. The lowest BCUT2D eigenvalue weighted by molar-refractivity contribution is -0.119. The predicted octanol–water partition coefficient (Wildman–Crippen LogP) is 4.08. The van der Waals surface area contributed by atoms with Crippen LogP contribution in [0.4, 0.5) is 20.3 Å². The lowest BCUT2D eigenvalue weighted by Gasteiger charge is -2.15. The minimum absolute atomic E-state index is 0.0666. The standard InChI is InChI=1S/C18H12F2N4O.C6H11NO/c19-11-7-4-8-12(20)14(11)16-23-13-9-21-18(25)15(13)17(24-16)22-10-5-2-1-3-6-10;1-6(2)4-3-5(8)7-6/h1-8H,9H2,(H,21,25)(H,22,23,24);3-4H2,1-2H3,(H,7,8). The summed E-state index contributed by atoms with van der Waals surface area (Å²) in [6, 6.07) is 12.6. The topological polar surface area (TPSA) is 96.0 Å². The van der Waals surface area contributed by atoms with E-state index in [9.17, 15) is 18.4 Å². The Labute approximate surface area is 189 Å². The third-order valence-electron chi connectivity index (χ3n) is 5.31. The third-order valence-corrected chi connectivity index (χ3v) is 5.31. The summed E-state index contributed by atoms with van der Waals surface area (Å²) in [5, 5.41) is 8.53. The van der Waals surface area contributed by atoms with E-state index in [1.807, 2.05) is 32.0 Å². The number of amides is 2. The molecular formula is C24H23F2N5O2. The Kier molecular flexibility index (Phi) is 6.04. The number of fused-ring (bicyclic) bond motifs is 1. The van der Waals surface area contributed by atoms with Crippen LogP contribution in [-0.4, -0.2) is 27.3 Å². The fourth-order valence-corrected chi connectivity index (χ4v) is 3.63. The Hall–Kier alpha value is -3.88. The summed E-state index contributed by atoms with van der Waals surface area (Å²) >= 11 is 0. The molecule has 2 aromatic carbocycles. The molecule has 3 heterocycles. The van der Waals surface area contributed by atoms with Gasteiger partial charge < -0.3 is 16.0 Å². The third kappa shape index (κ3) is 4.97. The van der Waals surface area contributed by atoms with E-state index in [1.165, 1.54) is 6.07 Å². The zero-order chi connectivity index (χ0) is 23.6. The number of nitrogens with zero attached hydrogens (tertiary/aromatic N) is 2. The first kappa shape index (κ1) is 22.3. The molecule has 7 nitrogen and oxygen atoms in total. The van der Waals surface area contributed by atoms with E-state index in [4.69, 9.17) is 0 Å². The second kappa shape index (κ2) is 8.93. The van der Waals surface area contributed by atoms with Gasteiger partial charge in [0.05, 0.1) is 17.8 Å². The first-order valence-corrected chi connectivity index (χ1v) is 10.5. The van der Waals surface area contributed by atoms with Gasteiger partial charge in [-0.25, -0.2) is 18.7 Å². The first-order chi connectivity index (χ1) is 15.7. The van der Waals surface area contributed by atoms with Gasteiger partial charge in [0.1, 0.15) is 23.0 Å². The van der Waals surface area contributed by atoms with E-state index in [0.29, 0.717) is 17.8 Å². The van der Waals surface area contributed by atoms with Crippen molar-refractivity contribution in [3.8, 4) is 11.4 Å². The van der Waals surface area contributed by atoms with Crippen molar-refractivity contribution in [1.82, 2.24) is 20.6 Å². The molecule has 3 N–H and O–H groups in total. The Morgan fingerprint density at radius 3 is 2.21 bits per heavy atom. The van der Waals surface area contributed by atoms with Gasteiger partial charge in [-0.3, -0.25) is 9.59 Å². The highest BCUT2D eigenvalue weighted by molar-refractivity contribution is 6.03. The summed E-state index contributed by atoms with van der Waals surface area (Å²) < 4.78 is 28.2. The fraction of sp³-hybridized carbons (Fsp3) is 0.250. The van der Waals surface area contributed by atoms with Gasteiger partial charge in [-0.1, -0.05) is 24.3 Å². The smallest absolute Gasteiger partial charge is 0.257 e. The highest BCUT2D eigenvalue weighted by atomic mass is 19.1. The minimum atomic E-state index is -0.761. The second-order valence-electron chi connectivity index (χ2n) is 8.42. The molecule has 2 amide bonds. The number of carbonyl (C=O) groups is 2. The van der Waals surface area contributed by atoms with Crippen LogP contribution in [0, 0.1) is 11.6 Å². The van der Waals surface area contributed by atoms with Gasteiger partial charge in [0, 0.05) is 17.6 Å². The van der Waals surface area contributed by atoms with Gasteiger partial charge in [-0.05, 0) is 44.5 Å². The molecule has 0 atom stereocenters. The summed E-state index contributed by atoms with van der Waals surface area (Å²) in [6.07, 6.45) is 1.68.